The lowest BCUT2D eigenvalue weighted by Gasteiger charge is -2.25. The van der Waals surface area contributed by atoms with Crippen molar-refractivity contribution in [3.8, 4) is 17.2 Å². The zero-order valence-electron chi connectivity index (χ0n) is 20.5. The molecule has 182 valence electrons. The molecular weight excluding hydrogens is 434 g/mol. The Labute approximate surface area is 200 Å². The predicted molar refractivity (Wildman–Crippen MR) is 130 cm³/mol. The molecule has 1 atom stereocenters. The summed E-state index contributed by atoms with van der Waals surface area (Å²) in [6, 6.07) is 11.5. The maximum atomic E-state index is 13.1. The number of aliphatic hydroxyl groups excluding tert-OH is 1. The minimum Gasteiger partial charge on any atom is -0.507 e. The fourth-order valence-electron chi connectivity index (χ4n) is 3.98. The van der Waals surface area contributed by atoms with Crippen molar-refractivity contribution in [3.63, 3.8) is 0 Å². The van der Waals surface area contributed by atoms with E-state index >= 15 is 0 Å². The predicted octanol–water partition coefficient (Wildman–Crippen LogP) is 4.96. The maximum absolute atomic E-state index is 13.1. The highest BCUT2D eigenvalue weighted by Gasteiger charge is 2.45. The number of methoxy groups -OCH3 is 1. The van der Waals surface area contributed by atoms with Crippen LogP contribution in [0.5, 0.6) is 17.2 Å². The first-order valence-electron chi connectivity index (χ1n) is 11.6. The average molecular weight is 468 g/mol. The number of aliphatic hydroxyl groups is 1. The highest BCUT2D eigenvalue weighted by atomic mass is 16.5. The minimum absolute atomic E-state index is 0.0469. The van der Waals surface area contributed by atoms with E-state index in [9.17, 15) is 14.7 Å². The van der Waals surface area contributed by atoms with Gasteiger partial charge in [0.2, 0.25) is 0 Å². The quantitative estimate of drug-likeness (QED) is 0.302. The van der Waals surface area contributed by atoms with Gasteiger partial charge in [-0.15, -0.1) is 0 Å². The van der Waals surface area contributed by atoms with Crippen molar-refractivity contribution >= 4 is 17.4 Å². The van der Waals surface area contributed by atoms with Gasteiger partial charge < -0.3 is 24.2 Å². The summed E-state index contributed by atoms with van der Waals surface area (Å²) in [7, 11) is 1.53. The Morgan fingerprint density at radius 1 is 1.06 bits per heavy atom. The zero-order chi connectivity index (χ0) is 24.8. The number of likely N-dealkylation sites (tertiary alicyclic amines) is 1. The van der Waals surface area contributed by atoms with Gasteiger partial charge in [-0.25, -0.2) is 0 Å². The number of Topliss-reactive ketones (excluding diaryl/α,β-unsaturated/α-hetero) is 1. The first-order chi connectivity index (χ1) is 16.3. The van der Waals surface area contributed by atoms with Crippen molar-refractivity contribution in [2.75, 3.05) is 26.9 Å². The Morgan fingerprint density at radius 3 is 2.47 bits per heavy atom. The highest BCUT2D eigenvalue weighted by molar-refractivity contribution is 6.46. The monoisotopic (exact) mass is 467 g/mol. The number of benzene rings is 2. The van der Waals surface area contributed by atoms with Crippen LogP contribution in [-0.4, -0.2) is 48.6 Å². The van der Waals surface area contributed by atoms with Crippen LogP contribution in [-0.2, 0) is 9.59 Å². The molecular formula is C27H33NO6. The minimum atomic E-state index is -0.746. The van der Waals surface area contributed by atoms with Crippen molar-refractivity contribution in [3.05, 3.63) is 59.2 Å². The van der Waals surface area contributed by atoms with E-state index < -0.39 is 17.7 Å². The highest BCUT2D eigenvalue weighted by Crippen LogP contribution is 2.42. The van der Waals surface area contributed by atoms with Crippen LogP contribution in [0.1, 0.15) is 51.3 Å². The van der Waals surface area contributed by atoms with E-state index in [1.807, 2.05) is 27.7 Å². The molecule has 0 aromatic heterocycles. The molecule has 3 rings (SSSR count). The molecule has 7 heteroatoms. The Hall–Kier alpha value is -3.48. The number of hydrogen-bond donors (Lipinski definition) is 1. The van der Waals surface area contributed by atoms with Crippen LogP contribution in [0.3, 0.4) is 0 Å². The third-order valence-corrected chi connectivity index (χ3v) is 5.50. The summed E-state index contributed by atoms with van der Waals surface area (Å²) in [6.07, 6.45) is 0.663. The van der Waals surface area contributed by atoms with Crippen LogP contribution in [0.4, 0.5) is 0 Å². The molecule has 34 heavy (non-hydrogen) atoms. The molecule has 0 aliphatic carbocycles. The molecule has 1 aliphatic heterocycles. The SMILES string of the molecule is CCCN1C(=O)C(=O)/C(=C(\O)c2cccc(OCC(C)C)c2)C1c1ccc(OCC)c(OC)c1. The van der Waals surface area contributed by atoms with Crippen LogP contribution in [0, 0.1) is 5.92 Å². The van der Waals surface area contributed by atoms with Crippen molar-refractivity contribution in [2.45, 2.75) is 40.2 Å². The Bertz CT molecular complexity index is 1070. The van der Waals surface area contributed by atoms with Gasteiger partial charge in [0.05, 0.1) is 31.9 Å². The second-order valence-electron chi connectivity index (χ2n) is 8.57. The smallest absolute Gasteiger partial charge is 0.295 e. The second-order valence-corrected chi connectivity index (χ2v) is 8.57. The van der Waals surface area contributed by atoms with Crippen molar-refractivity contribution < 1.29 is 28.9 Å². The Morgan fingerprint density at radius 2 is 1.82 bits per heavy atom. The van der Waals surface area contributed by atoms with Crippen LogP contribution >= 0.6 is 0 Å². The van der Waals surface area contributed by atoms with Gasteiger partial charge >= 0.3 is 0 Å². The number of rotatable bonds is 10. The third-order valence-electron chi connectivity index (χ3n) is 5.50. The molecule has 0 radical (unpaired) electrons. The lowest BCUT2D eigenvalue weighted by atomic mass is 9.95. The molecule has 1 heterocycles. The largest absolute Gasteiger partial charge is 0.507 e. The standard InChI is InChI=1S/C27H33NO6/c1-6-13-28-24(18-11-12-21(33-7-2)22(15-18)32-5)23(26(30)27(28)31)25(29)19-9-8-10-20(14-19)34-16-17(3)4/h8-12,14-15,17,24,29H,6-7,13,16H2,1-5H3/b25-23-. The van der Waals surface area contributed by atoms with Crippen molar-refractivity contribution in [1.29, 1.82) is 0 Å². The van der Waals surface area contributed by atoms with Gasteiger partial charge in [0.1, 0.15) is 11.5 Å². The summed E-state index contributed by atoms with van der Waals surface area (Å²) >= 11 is 0. The van der Waals surface area contributed by atoms with Gasteiger partial charge in [-0.05, 0) is 49.1 Å². The van der Waals surface area contributed by atoms with E-state index in [1.54, 1.807) is 42.5 Å². The Kier molecular flexibility index (Phi) is 8.21. The number of carbonyl (C=O) groups excluding carboxylic acids is 2. The van der Waals surface area contributed by atoms with Gasteiger partial charge in [-0.2, -0.15) is 0 Å². The first kappa shape index (κ1) is 25.1. The van der Waals surface area contributed by atoms with Crippen LogP contribution in [0.2, 0.25) is 0 Å². The molecule has 1 unspecified atom stereocenters. The van der Waals surface area contributed by atoms with Crippen molar-refractivity contribution in [2.24, 2.45) is 5.92 Å². The Balaban J connectivity index is 2.12. The zero-order valence-corrected chi connectivity index (χ0v) is 20.5. The molecule has 2 aromatic rings. The fraction of sp³-hybridized carbons (Fsp3) is 0.407. The lowest BCUT2D eigenvalue weighted by molar-refractivity contribution is -0.139. The fourth-order valence-corrected chi connectivity index (χ4v) is 3.98. The normalized spacial score (nSPS) is 17.4. The van der Waals surface area contributed by atoms with Crippen molar-refractivity contribution in [1.82, 2.24) is 4.90 Å². The average Bonchev–Trinajstić information content (AvgIpc) is 3.08. The summed E-state index contributed by atoms with van der Waals surface area (Å²) in [5, 5.41) is 11.3. The number of ether oxygens (including phenoxy) is 3. The molecule has 1 amide bonds. The van der Waals surface area contributed by atoms with E-state index in [1.165, 1.54) is 12.0 Å². The summed E-state index contributed by atoms with van der Waals surface area (Å²) in [4.78, 5) is 27.6. The molecule has 1 aliphatic rings. The molecule has 2 aromatic carbocycles. The number of carbonyl (C=O) groups is 2. The van der Waals surface area contributed by atoms with E-state index in [2.05, 4.69) is 0 Å². The number of amides is 1. The summed E-state index contributed by atoms with van der Waals surface area (Å²) in [6.45, 7) is 9.27. The number of hydrogen-bond acceptors (Lipinski definition) is 6. The molecule has 0 bridgehead atoms. The molecule has 0 saturated carbocycles. The van der Waals surface area contributed by atoms with Gasteiger partial charge in [0.15, 0.2) is 11.5 Å². The van der Waals surface area contributed by atoms with Gasteiger partial charge in [-0.1, -0.05) is 39.0 Å². The topological polar surface area (TPSA) is 85.3 Å². The van der Waals surface area contributed by atoms with E-state index in [0.29, 0.717) is 60.5 Å². The first-order valence-corrected chi connectivity index (χ1v) is 11.6. The van der Waals surface area contributed by atoms with Gasteiger partial charge in [0.25, 0.3) is 11.7 Å². The molecule has 7 nitrogen and oxygen atoms in total. The van der Waals surface area contributed by atoms with E-state index in [0.717, 1.165) is 0 Å². The summed E-state index contributed by atoms with van der Waals surface area (Å²) in [5.41, 5.74) is 1.12. The van der Waals surface area contributed by atoms with Crippen LogP contribution in [0.15, 0.2) is 48.0 Å². The summed E-state index contributed by atoms with van der Waals surface area (Å²) < 4.78 is 16.9. The third kappa shape index (κ3) is 5.19. The molecule has 1 fully saturated rings. The van der Waals surface area contributed by atoms with Gasteiger partial charge in [0, 0.05) is 12.1 Å². The van der Waals surface area contributed by atoms with Crippen LogP contribution in [0.25, 0.3) is 5.76 Å². The van der Waals surface area contributed by atoms with Gasteiger partial charge in [-0.3, -0.25) is 9.59 Å². The molecule has 1 N–H and O–H groups in total. The van der Waals surface area contributed by atoms with E-state index in [-0.39, 0.29) is 11.3 Å². The lowest BCUT2D eigenvalue weighted by Crippen LogP contribution is -2.30. The molecule has 1 saturated heterocycles. The summed E-state index contributed by atoms with van der Waals surface area (Å²) in [5.74, 6) is 0.406. The van der Waals surface area contributed by atoms with Crippen LogP contribution < -0.4 is 14.2 Å². The second kappa shape index (κ2) is 11.1. The number of ketones is 1. The number of nitrogens with zero attached hydrogens (tertiary/aromatic N) is 1. The molecule has 0 spiro atoms. The maximum Gasteiger partial charge on any atom is 0.295 e. The van der Waals surface area contributed by atoms with E-state index in [4.69, 9.17) is 14.2 Å².